The number of nitrogens with zero attached hydrogens (tertiary/aromatic N) is 2. The molecule has 0 fully saturated rings. The molecule has 0 spiro atoms. The molecule has 0 atom stereocenters. The normalized spacial score (nSPS) is 10.7. The Morgan fingerprint density at radius 3 is 2.79 bits per heavy atom. The van der Waals surface area contributed by atoms with E-state index in [0.717, 1.165) is 6.42 Å². The summed E-state index contributed by atoms with van der Waals surface area (Å²) in [5.41, 5.74) is 1.30. The highest BCUT2D eigenvalue weighted by atomic mass is 35.5. The highest BCUT2D eigenvalue weighted by Crippen LogP contribution is 2.21. The van der Waals surface area contributed by atoms with Gasteiger partial charge in [0, 0.05) is 12.1 Å². The number of benzene rings is 1. The van der Waals surface area contributed by atoms with Crippen LogP contribution in [0.25, 0.3) is 0 Å². The molecule has 3 nitrogen and oxygen atoms in total. The van der Waals surface area contributed by atoms with Crippen LogP contribution in [0, 0.1) is 12.7 Å². The maximum absolute atomic E-state index is 13.4. The van der Waals surface area contributed by atoms with Gasteiger partial charge in [-0.05, 0) is 37.1 Å². The quantitative estimate of drug-likeness (QED) is 0.802. The third kappa shape index (κ3) is 2.84. The lowest BCUT2D eigenvalue weighted by molar-refractivity contribution is 0.102. The summed E-state index contributed by atoms with van der Waals surface area (Å²) in [6.07, 6.45) is 2.27. The minimum absolute atomic E-state index is 0.289. The van der Waals surface area contributed by atoms with Gasteiger partial charge in [0.15, 0.2) is 0 Å². The van der Waals surface area contributed by atoms with Gasteiger partial charge >= 0.3 is 0 Å². The molecular formula is C14H14ClFN2O. The zero-order valence-corrected chi connectivity index (χ0v) is 11.5. The zero-order valence-electron chi connectivity index (χ0n) is 10.8. The highest BCUT2D eigenvalue weighted by Gasteiger charge is 2.19. The van der Waals surface area contributed by atoms with Crippen molar-refractivity contribution >= 4 is 17.4 Å². The number of rotatable bonds is 4. The maximum atomic E-state index is 13.4. The van der Waals surface area contributed by atoms with Gasteiger partial charge in [-0.3, -0.25) is 9.48 Å². The fourth-order valence-corrected chi connectivity index (χ4v) is 2.20. The maximum Gasteiger partial charge on any atom is 0.212 e. The first-order valence-corrected chi connectivity index (χ1v) is 6.44. The Bertz CT molecular complexity index is 602. The molecule has 1 aromatic carbocycles. The Kier molecular flexibility index (Phi) is 4.00. The number of aryl methyl sites for hydroxylation is 2. The standard InChI is InChI=1S/C14H14ClFN2O/c1-3-4-18-13(12(15)8-17-18)14(19)10-5-9(2)6-11(16)7-10/h5-8H,3-4H2,1-2H3. The summed E-state index contributed by atoms with van der Waals surface area (Å²) in [5, 5.41) is 4.36. The van der Waals surface area contributed by atoms with Crippen LogP contribution in [0.4, 0.5) is 4.39 Å². The lowest BCUT2D eigenvalue weighted by Gasteiger charge is -2.07. The van der Waals surface area contributed by atoms with E-state index in [0.29, 0.717) is 22.8 Å². The van der Waals surface area contributed by atoms with Crippen LogP contribution in [0.3, 0.4) is 0 Å². The number of halogens is 2. The molecule has 0 N–H and O–H groups in total. The molecule has 0 aliphatic rings. The second kappa shape index (κ2) is 5.53. The van der Waals surface area contributed by atoms with Crippen LogP contribution in [0.1, 0.15) is 35.0 Å². The summed E-state index contributed by atoms with van der Waals surface area (Å²) in [5.74, 6) is -0.737. The van der Waals surface area contributed by atoms with Crippen molar-refractivity contribution in [1.82, 2.24) is 9.78 Å². The van der Waals surface area contributed by atoms with Crippen LogP contribution in [-0.4, -0.2) is 15.6 Å². The van der Waals surface area contributed by atoms with Gasteiger partial charge in [0.05, 0.1) is 11.2 Å². The van der Waals surface area contributed by atoms with Crippen molar-refractivity contribution < 1.29 is 9.18 Å². The molecule has 2 aromatic rings. The highest BCUT2D eigenvalue weighted by molar-refractivity contribution is 6.34. The number of hydrogen-bond acceptors (Lipinski definition) is 2. The minimum atomic E-state index is -0.430. The average Bonchev–Trinajstić information content (AvgIpc) is 2.69. The molecule has 0 saturated carbocycles. The summed E-state index contributed by atoms with van der Waals surface area (Å²) in [4.78, 5) is 12.4. The van der Waals surface area contributed by atoms with Gasteiger partial charge in [-0.15, -0.1) is 0 Å². The van der Waals surface area contributed by atoms with Crippen LogP contribution in [0.2, 0.25) is 5.02 Å². The van der Waals surface area contributed by atoms with E-state index >= 15 is 0 Å². The summed E-state index contributed by atoms with van der Waals surface area (Å²) >= 11 is 6.01. The minimum Gasteiger partial charge on any atom is -0.287 e. The van der Waals surface area contributed by atoms with E-state index in [4.69, 9.17) is 11.6 Å². The van der Waals surface area contributed by atoms with Crippen LogP contribution in [0.5, 0.6) is 0 Å². The monoisotopic (exact) mass is 280 g/mol. The van der Waals surface area contributed by atoms with Crippen LogP contribution in [0.15, 0.2) is 24.4 Å². The SMILES string of the molecule is CCCn1ncc(Cl)c1C(=O)c1cc(C)cc(F)c1. The third-order valence-electron chi connectivity index (χ3n) is 2.75. The molecular weight excluding hydrogens is 267 g/mol. The van der Waals surface area contributed by atoms with Crippen molar-refractivity contribution in [2.75, 3.05) is 0 Å². The van der Waals surface area contributed by atoms with E-state index in [2.05, 4.69) is 5.10 Å². The Labute approximate surface area is 116 Å². The predicted octanol–water partition coefficient (Wildman–Crippen LogP) is 3.63. The van der Waals surface area contributed by atoms with E-state index < -0.39 is 5.82 Å². The van der Waals surface area contributed by atoms with E-state index in [1.807, 2.05) is 6.92 Å². The molecule has 1 aromatic heterocycles. The number of ketones is 1. The third-order valence-corrected chi connectivity index (χ3v) is 3.03. The summed E-state index contributed by atoms with van der Waals surface area (Å²) in [7, 11) is 0. The molecule has 0 amide bonds. The lowest BCUT2D eigenvalue weighted by Crippen LogP contribution is -2.12. The van der Waals surface area contributed by atoms with Crippen molar-refractivity contribution in [3.8, 4) is 0 Å². The fourth-order valence-electron chi connectivity index (χ4n) is 1.97. The van der Waals surface area contributed by atoms with E-state index in [9.17, 15) is 9.18 Å². The molecule has 0 bridgehead atoms. The molecule has 0 saturated heterocycles. The Hall–Kier alpha value is -1.68. The summed E-state index contributed by atoms with van der Waals surface area (Å²) in [6, 6.07) is 4.24. The first-order valence-electron chi connectivity index (χ1n) is 6.06. The van der Waals surface area contributed by atoms with E-state index in [-0.39, 0.29) is 11.3 Å². The van der Waals surface area contributed by atoms with Crippen LogP contribution >= 0.6 is 11.6 Å². The summed E-state index contributed by atoms with van der Waals surface area (Å²) < 4.78 is 14.9. The van der Waals surface area contributed by atoms with Gasteiger partial charge in [0.25, 0.3) is 0 Å². The number of carbonyl (C=O) groups excluding carboxylic acids is 1. The van der Waals surface area contributed by atoms with Gasteiger partial charge in [-0.25, -0.2) is 4.39 Å². The molecule has 100 valence electrons. The average molecular weight is 281 g/mol. The molecule has 2 rings (SSSR count). The smallest absolute Gasteiger partial charge is 0.212 e. The Balaban J connectivity index is 2.46. The van der Waals surface area contributed by atoms with Crippen LogP contribution < -0.4 is 0 Å². The predicted molar refractivity (Wildman–Crippen MR) is 72.1 cm³/mol. The van der Waals surface area contributed by atoms with Gasteiger partial charge in [0.2, 0.25) is 5.78 Å². The first-order chi connectivity index (χ1) is 9.02. The van der Waals surface area contributed by atoms with Crippen molar-refractivity contribution in [3.05, 3.63) is 52.1 Å². The van der Waals surface area contributed by atoms with Gasteiger partial charge in [-0.1, -0.05) is 18.5 Å². The molecule has 19 heavy (non-hydrogen) atoms. The molecule has 1 heterocycles. The second-order valence-corrected chi connectivity index (χ2v) is 4.82. The van der Waals surface area contributed by atoms with E-state index in [1.54, 1.807) is 17.7 Å². The first kappa shape index (κ1) is 13.7. The lowest BCUT2D eigenvalue weighted by atomic mass is 10.1. The topological polar surface area (TPSA) is 34.9 Å². The number of hydrogen-bond donors (Lipinski definition) is 0. The summed E-state index contributed by atoms with van der Waals surface area (Å²) in [6.45, 7) is 4.32. The Morgan fingerprint density at radius 1 is 1.42 bits per heavy atom. The molecule has 0 radical (unpaired) electrons. The Morgan fingerprint density at radius 2 is 2.16 bits per heavy atom. The van der Waals surface area contributed by atoms with Crippen LogP contribution in [-0.2, 0) is 6.54 Å². The number of carbonyl (C=O) groups is 1. The van der Waals surface area contributed by atoms with Gasteiger partial charge in [-0.2, -0.15) is 5.10 Å². The van der Waals surface area contributed by atoms with Crippen molar-refractivity contribution in [2.45, 2.75) is 26.8 Å². The van der Waals surface area contributed by atoms with Crippen molar-refractivity contribution in [3.63, 3.8) is 0 Å². The van der Waals surface area contributed by atoms with Gasteiger partial charge < -0.3 is 0 Å². The molecule has 0 aliphatic carbocycles. The number of aromatic nitrogens is 2. The molecule has 0 aliphatic heterocycles. The largest absolute Gasteiger partial charge is 0.287 e. The zero-order chi connectivity index (χ0) is 14.0. The second-order valence-electron chi connectivity index (χ2n) is 4.41. The van der Waals surface area contributed by atoms with E-state index in [1.165, 1.54) is 18.3 Å². The fraction of sp³-hybridized carbons (Fsp3) is 0.286. The van der Waals surface area contributed by atoms with Gasteiger partial charge in [0.1, 0.15) is 11.5 Å². The molecule has 5 heteroatoms. The van der Waals surface area contributed by atoms with Crippen molar-refractivity contribution in [1.29, 1.82) is 0 Å². The molecule has 0 unspecified atom stereocenters. The van der Waals surface area contributed by atoms with Crippen molar-refractivity contribution in [2.24, 2.45) is 0 Å².